The van der Waals surface area contributed by atoms with Gasteiger partial charge < -0.3 is 10.7 Å². The third-order valence-corrected chi connectivity index (χ3v) is 4.82. The summed E-state index contributed by atoms with van der Waals surface area (Å²) in [5, 5.41) is 22.8. The van der Waals surface area contributed by atoms with Crippen molar-refractivity contribution in [3.63, 3.8) is 0 Å². The molecule has 0 radical (unpaired) electrons. The number of hydrogen-bond acceptors (Lipinski definition) is 6. The number of nitrogens with two attached hydrogens (primary N) is 1. The zero-order valence-corrected chi connectivity index (χ0v) is 16.1. The van der Waals surface area contributed by atoms with E-state index < -0.39 is 11.3 Å². The molecule has 0 spiro atoms. The molecule has 2 aromatic carbocycles. The highest BCUT2D eigenvalue weighted by Gasteiger charge is 2.22. The number of rotatable bonds is 3. The van der Waals surface area contributed by atoms with E-state index in [0.717, 1.165) is 0 Å². The van der Waals surface area contributed by atoms with Crippen LogP contribution in [-0.4, -0.2) is 20.5 Å². The van der Waals surface area contributed by atoms with Gasteiger partial charge in [0.05, 0.1) is 16.9 Å². The van der Waals surface area contributed by atoms with Crippen LogP contribution < -0.4 is 16.8 Å². The van der Waals surface area contributed by atoms with Crippen molar-refractivity contribution in [1.82, 2.24) is 14.8 Å². The van der Waals surface area contributed by atoms with Gasteiger partial charge in [0.2, 0.25) is 5.78 Å². The van der Waals surface area contributed by atoms with Crippen molar-refractivity contribution >= 4 is 34.1 Å². The molecule has 0 aliphatic carbocycles. The maximum atomic E-state index is 12.9. The number of carbonyl (C=O) groups is 1. The number of H-pyrrole nitrogens is 1. The molecule has 4 N–H and O–H groups in total. The number of carbonyl (C=O) groups excluding carboxylic acids is 1. The number of aromatic amines is 1. The molecule has 0 bridgehead atoms. The zero-order chi connectivity index (χ0) is 21.4. The van der Waals surface area contributed by atoms with Gasteiger partial charge in [-0.05, 0) is 24.3 Å². The van der Waals surface area contributed by atoms with Crippen LogP contribution in [0.1, 0.15) is 21.5 Å². The normalized spacial score (nSPS) is 10.7. The molecule has 4 rings (SSSR count). The highest BCUT2D eigenvalue weighted by molar-refractivity contribution is 6.30. The Labute approximate surface area is 174 Å². The Morgan fingerprint density at radius 1 is 1.17 bits per heavy atom. The summed E-state index contributed by atoms with van der Waals surface area (Å²) in [7, 11) is 0. The molecule has 146 valence electrons. The van der Waals surface area contributed by atoms with Crippen LogP contribution in [0.25, 0.3) is 16.7 Å². The summed E-state index contributed by atoms with van der Waals surface area (Å²) >= 11 is 5.92. The molecule has 9 heteroatoms. The van der Waals surface area contributed by atoms with Gasteiger partial charge in [-0.1, -0.05) is 41.9 Å². The zero-order valence-electron chi connectivity index (χ0n) is 15.3. The average molecular weight is 417 g/mol. The lowest BCUT2D eigenvalue weighted by Gasteiger charge is -2.12. The minimum Gasteiger partial charge on any atom is -0.396 e. The Hall–Kier alpha value is -4.22. The highest BCUT2D eigenvalue weighted by atomic mass is 35.5. The predicted octanol–water partition coefficient (Wildman–Crippen LogP) is 2.53. The topological polar surface area (TPSA) is 141 Å². The molecule has 2 aromatic heterocycles. The van der Waals surface area contributed by atoms with Gasteiger partial charge in [0.25, 0.3) is 5.56 Å². The van der Waals surface area contributed by atoms with Gasteiger partial charge in [-0.25, -0.2) is 4.68 Å². The largest absolute Gasteiger partial charge is 0.396 e. The van der Waals surface area contributed by atoms with Crippen LogP contribution in [0.4, 0.5) is 5.69 Å². The van der Waals surface area contributed by atoms with Gasteiger partial charge in [-0.3, -0.25) is 15.0 Å². The molecule has 0 aliphatic heterocycles. The quantitative estimate of drug-likeness (QED) is 0.440. The molecule has 2 heterocycles. The van der Waals surface area contributed by atoms with E-state index in [4.69, 9.17) is 22.7 Å². The van der Waals surface area contributed by atoms with E-state index in [2.05, 4.69) is 10.1 Å². The molecule has 8 nitrogen and oxygen atoms in total. The van der Waals surface area contributed by atoms with E-state index >= 15 is 0 Å². The van der Waals surface area contributed by atoms with Gasteiger partial charge >= 0.3 is 0 Å². The van der Waals surface area contributed by atoms with E-state index in [-0.39, 0.29) is 38.9 Å². The van der Waals surface area contributed by atoms with Crippen molar-refractivity contribution in [2.75, 3.05) is 5.73 Å². The number of nitrogens with zero attached hydrogens (tertiary/aromatic N) is 3. The van der Waals surface area contributed by atoms with Crippen LogP contribution in [0.2, 0.25) is 5.02 Å². The highest BCUT2D eigenvalue weighted by Crippen LogP contribution is 2.22. The second-order valence-corrected chi connectivity index (χ2v) is 6.82. The first-order chi connectivity index (χ1) is 14.4. The van der Waals surface area contributed by atoms with Crippen LogP contribution in [0.5, 0.6) is 0 Å². The minimum atomic E-state index is -0.754. The van der Waals surface area contributed by atoms with Gasteiger partial charge in [-0.2, -0.15) is 10.4 Å². The van der Waals surface area contributed by atoms with E-state index in [1.54, 1.807) is 54.6 Å². The first-order valence-corrected chi connectivity index (χ1v) is 9.09. The second kappa shape index (κ2) is 7.31. The van der Waals surface area contributed by atoms with E-state index in [9.17, 15) is 14.9 Å². The average Bonchev–Trinajstić information content (AvgIpc) is 2.75. The Morgan fingerprint density at radius 2 is 1.83 bits per heavy atom. The maximum absolute atomic E-state index is 12.9. The summed E-state index contributed by atoms with van der Waals surface area (Å²) in [6.45, 7) is 0. The van der Waals surface area contributed by atoms with E-state index in [1.807, 2.05) is 6.07 Å². The smallest absolute Gasteiger partial charge is 0.261 e. The lowest BCUT2D eigenvalue weighted by atomic mass is 10.0. The molecule has 0 aliphatic rings. The third kappa shape index (κ3) is 3.03. The number of fused-ring (bicyclic) bond motifs is 1. The van der Waals surface area contributed by atoms with Crippen LogP contribution >= 0.6 is 11.6 Å². The summed E-state index contributed by atoms with van der Waals surface area (Å²) in [6.07, 6.45) is 0. The van der Waals surface area contributed by atoms with Crippen LogP contribution in [-0.2, 0) is 0 Å². The van der Waals surface area contributed by atoms with Gasteiger partial charge in [0.1, 0.15) is 22.7 Å². The fraction of sp³-hybridized carbons (Fsp3) is 0. The SMILES string of the molecule is N#Cc1c(=N)n(-c2ccc(Cl)cc2)nc2c(N)c(C(=O)c3ccccc3)c(=O)[nH]c12. The summed E-state index contributed by atoms with van der Waals surface area (Å²) in [4.78, 5) is 28.1. The van der Waals surface area contributed by atoms with Crippen molar-refractivity contribution in [1.29, 1.82) is 10.7 Å². The van der Waals surface area contributed by atoms with Crippen molar-refractivity contribution < 1.29 is 4.79 Å². The minimum absolute atomic E-state index is 0.000162. The predicted molar refractivity (Wildman–Crippen MR) is 112 cm³/mol. The van der Waals surface area contributed by atoms with Crippen LogP contribution in [0.15, 0.2) is 59.4 Å². The number of nitrogens with one attached hydrogen (secondary N) is 2. The number of pyridine rings is 1. The van der Waals surface area contributed by atoms with Crippen molar-refractivity contribution in [3.8, 4) is 11.8 Å². The second-order valence-electron chi connectivity index (χ2n) is 6.39. The monoisotopic (exact) mass is 416 g/mol. The number of anilines is 1. The van der Waals surface area contributed by atoms with Crippen molar-refractivity contribution in [2.45, 2.75) is 0 Å². The summed E-state index contributed by atoms with van der Waals surface area (Å²) in [5.41, 5.74) is 5.42. The Balaban J connectivity index is 2.05. The molecule has 0 amide bonds. The first-order valence-electron chi connectivity index (χ1n) is 8.71. The number of ketones is 1. The lowest BCUT2D eigenvalue weighted by molar-refractivity contribution is 0.103. The maximum Gasteiger partial charge on any atom is 0.261 e. The first kappa shape index (κ1) is 19.1. The molecular weight excluding hydrogens is 404 g/mol. The number of aromatic nitrogens is 3. The molecule has 0 atom stereocenters. The number of nitrogen functional groups attached to an aromatic ring is 1. The summed E-state index contributed by atoms with van der Waals surface area (Å²) in [5.74, 6) is -0.565. The van der Waals surface area contributed by atoms with Gasteiger partial charge in [-0.15, -0.1) is 0 Å². The Morgan fingerprint density at radius 3 is 2.47 bits per heavy atom. The lowest BCUT2D eigenvalue weighted by Crippen LogP contribution is -2.28. The van der Waals surface area contributed by atoms with Crippen LogP contribution in [0, 0.1) is 16.7 Å². The van der Waals surface area contributed by atoms with Gasteiger partial charge in [0.15, 0.2) is 5.49 Å². The number of hydrogen-bond donors (Lipinski definition) is 3. The summed E-state index contributed by atoms with van der Waals surface area (Å²) in [6, 6.07) is 16.6. The standard InChI is InChI=1S/C21H13ClN6O2/c22-12-6-8-13(9-7-12)28-20(25)14(10-23)17-18(27-28)16(24)15(21(30)26-17)19(29)11-4-2-1-3-5-11/h1-9,25H,24H2,(H,26,30). The Kier molecular flexibility index (Phi) is 4.66. The summed E-state index contributed by atoms with van der Waals surface area (Å²) < 4.78 is 1.20. The van der Waals surface area contributed by atoms with Gasteiger partial charge in [0, 0.05) is 10.6 Å². The Bertz CT molecular complexity index is 1460. The number of nitriles is 1. The molecule has 30 heavy (non-hydrogen) atoms. The third-order valence-electron chi connectivity index (χ3n) is 4.57. The van der Waals surface area contributed by atoms with Crippen LogP contribution in [0.3, 0.4) is 0 Å². The number of benzene rings is 2. The fourth-order valence-corrected chi connectivity index (χ4v) is 3.23. The molecule has 4 aromatic rings. The molecule has 0 fully saturated rings. The number of halogens is 1. The fourth-order valence-electron chi connectivity index (χ4n) is 3.11. The molecule has 0 saturated carbocycles. The van der Waals surface area contributed by atoms with Crippen molar-refractivity contribution in [3.05, 3.63) is 92.2 Å². The molecule has 0 saturated heterocycles. The molecule has 0 unspecified atom stereocenters. The molecular formula is C21H13ClN6O2. The van der Waals surface area contributed by atoms with E-state index in [0.29, 0.717) is 10.7 Å². The van der Waals surface area contributed by atoms with Crippen molar-refractivity contribution in [2.24, 2.45) is 0 Å². The van der Waals surface area contributed by atoms with E-state index in [1.165, 1.54) is 4.68 Å².